The standard InChI is InChI=1S/C23H25N5O2/c1-3-4-22(29)28-11-9-17(10-12-28)19-8-7-18(14-24-19)15(2)23(30)25-21-13-20(26-27-21)16-5-6-16/h7-9,13-16H,5-6,10-12H2,1-2H3,(H2,25,26,27,30). The zero-order valence-electron chi connectivity index (χ0n) is 17.2. The van der Waals surface area contributed by atoms with Gasteiger partial charge < -0.3 is 10.2 Å². The summed E-state index contributed by atoms with van der Waals surface area (Å²) in [5.74, 6) is 5.76. The third-order valence-electron chi connectivity index (χ3n) is 5.60. The third-order valence-corrected chi connectivity index (χ3v) is 5.60. The highest BCUT2D eigenvalue weighted by Crippen LogP contribution is 2.39. The minimum atomic E-state index is -0.339. The van der Waals surface area contributed by atoms with Gasteiger partial charge in [0, 0.05) is 37.0 Å². The number of aromatic nitrogens is 3. The lowest BCUT2D eigenvalue weighted by molar-refractivity contribution is -0.124. The van der Waals surface area contributed by atoms with Crippen LogP contribution in [0.1, 0.15) is 61.9 Å². The number of nitrogens with zero attached hydrogens (tertiary/aromatic N) is 3. The number of hydrogen-bond acceptors (Lipinski definition) is 4. The highest BCUT2D eigenvalue weighted by Gasteiger charge is 2.26. The van der Waals surface area contributed by atoms with Gasteiger partial charge in [0.15, 0.2) is 5.82 Å². The van der Waals surface area contributed by atoms with Gasteiger partial charge in [0.25, 0.3) is 5.91 Å². The number of pyridine rings is 1. The fourth-order valence-corrected chi connectivity index (χ4v) is 3.51. The van der Waals surface area contributed by atoms with E-state index in [-0.39, 0.29) is 17.7 Å². The van der Waals surface area contributed by atoms with Crippen molar-refractivity contribution in [3.63, 3.8) is 0 Å². The monoisotopic (exact) mass is 403 g/mol. The van der Waals surface area contributed by atoms with Gasteiger partial charge in [-0.25, -0.2) is 0 Å². The molecule has 0 spiro atoms. The highest BCUT2D eigenvalue weighted by atomic mass is 16.2. The molecule has 2 aromatic heterocycles. The van der Waals surface area contributed by atoms with E-state index in [1.165, 1.54) is 12.8 Å². The first-order chi connectivity index (χ1) is 14.5. The van der Waals surface area contributed by atoms with Crippen LogP contribution in [-0.4, -0.2) is 45.0 Å². The van der Waals surface area contributed by atoms with Crippen molar-refractivity contribution >= 4 is 23.2 Å². The molecule has 7 nitrogen and oxygen atoms in total. The van der Waals surface area contributed by atoms with Crippen molar-refractivity contribution < 1.29 is 9.59 Å². The van der Waals surface area contributed by atoms with Gasteiger partial charge in [0.05, 0.1) is 11.6 Å². The number of amides is 2. The Morgan fingerprint density at radius 1 is 1.33 bits per heavy atom. The van der Waals surface area contributed by atoms with Crippen molar-refractivity contribution in [1.82, 2.24) is 20.1 Å². The van der Waals surface area contributed by atoms with Gasteiger partial charge in [-0.3, -0.25) is 19.7 Å². The molecule has 2 amide bonds. The van der Waals surface area contributed by atoms with E-state index < -0.39 is 0 Å². The first kappa shape index (κ1) is 19.9. The molecule has 0 bridgehead atoms. The first-order valence-electron chi connectivity index (χ1n) is 10.3. The summed E-state index contributed by atoms with van der Waals surface area (Å²) in [6, 6.07) is 5.79. The average Bonchev–Trinajstić information content (AvgIpc) is 3.52. The van der Waals surface area contributed by atoms with Crippen LogP contribution in [0.15, 0.2) is 30.5 Å². The first-order valence-corrected chi connectivity index (χ1v) is 10.3. The van der Waals surface area contributed by atoms with E-state index in [0.717, 1.165) is 28.9 Å². The smallest absolute Gasteiger partial charge is 0.298 e. The molecule has 2 aliphatic rings. The normalized spacial score (nSPS) is 16.9. The fourth-order valence-electron chi connectivity index (χ4n) is 3.51. The van der Waals surface area contributed by atoms with E-state index in [1.54, 1.807) is 18.0 Å². The van der Waals surface area contributed by atoms with Crippen LogP contribution in [0.25, 0.3) is 5.57 Å². The number of rotatable bonds is 5. The molecule has 4 rings (SSSR count). The largest absolute Gasteiger partial charge is 0.328 e. The average molecular weight is 403 g/mol. The Labute approximate surface area is 176 Å². The second kappa shape index (κ2) is 8.54. The van der Waals surface area contributed by atoms with E-state index in [2.05, 4.69) is 32.3 Å². The molecule has 1 aliphatic heterocycles. The van der Waals surface area contributed by atoms with Gasteiger partial charge in [0.1, 0.15) is 0 Å². The predicted molar refractivity (Wildman–Crippen MR) is 114 cm³/mol. The van der Waals surface area contributed by atoms with Crippen LogP contribution < -0.4 is 5.32 Å². The summed E-state index contributed by atoms with van der Waals surface area (Å²) < 4.78 is 0. The Morgan fingerprint density at radius 3 is 2.80 bits per heavy atom. The van der Waals surface area contributed by atoms with E-state index in [1.807, 2.05) is 31.2 Å². The zero-order valence-corrected chi connectivity index (χ0v) is 17.2. The lowest BCUT2D eigenvalue weighted by Gasteiger charge is -2.24. The predicted octanol–water partition coefficient (Wildman–Crippen LogP) is 3.06. The quantitative estimate of drug-likeness (QED) is 0.751. The topological polar surface area (TPSA) is 91.0 Å². The molecule has 2 aromatic rings. The minimum absolute atomic E-state index is 0.110. The van der Waals surface area contributed by atoms with Crippen molar-refractivity contribution in [2.75, 3.05) is 18.4 Å². The number of nitrogens with one attached hydrogen (secondary N) is 2. The number of anilines is 1. The summed E-state index contributed by atoms with van der Waals surface area (Å²) in [7, 11) is 0. The Balaban J connectivity index is 1.37. The molecule has 1 saturated carbocycles. The van der Waals surface area contributed by atoms with Crippen molar-refractivity contribution in [2.24, 2.45) is 0 Å². The summed E-state index contributed by atoms with van der Waals surface area (Å²) in [6.45, 7) is 4.69. The van der Waals surface area contributed by atoms with E-state index in [4.69, 9.17) is 0 Å². The number of carbonyl (C=O) groups is 2. The molecule has 0 aromatic carbocycles. The van der Waals surface area contributed by atoms with Crippen LogP contribution in [0.2, 0.25) is 0 Å². The van der Waals surface area contributed by atoms with Gasteiger partial charge in [-0.2, -0.15) is 5.10 Å². The van der Waals surface area contributed by atoms with Crippen LogP contribution >= 0.6 is 0 Å². The van der Waals surface area contributed by atoms with E-state index >= 15 is 0 Å². The molecule has 0 saturated heterocycles. The SMILES string of the molecule is CC#CC(=O)N1CC=C(c2ccc(C(C)C(=O)Nc3cc(C4CC4)[nH]n3)cn2)CC1. The van der Waals surface area contributed by atoms with Crippen molar-refractivity contribution in [3.05, 3.63) is 47.4 Å². The number of aromatic amines is 1. The summed E-state index contributed by atoms with van der Waals surface area (Å²) in [5.41, 5.74) is 3.92. The maximum absolute atomic E-state index is 12.6. The Morgan fingerprint density at radius 2 is 2.17 bits per heavy atom. The van der Waals surface area contributed by atoms with E-state index in [0.29, 0.717) is 24.8 Å². The summed E-state index contributed by atoms with van der Waals surface area (Å²) in [5, 5.41) is 10.1. The van der Waals surface area contributed by atoms with Crippen molar-refractivity contribution in [1.29, 1.82) is 0 Å². The maximum Gasteiger partial charge on any atom is 0.298 e. The second-order valence-electron chi connectivity index (χ2n) is 7.78. The lowest BCUT2D eigenvalue weighted by Crippen LogP contribution is -2.33. The maximum atomic E-state index is 12.6. The summed E-state index contributed by atoms with van der Waals surface area (Å²) in [4.78, 5) is 30.7. The number of hydrogen-bond donors (Lipinski definition) is 2. The molecular formula is C23H25N5O2. The number of carbonyl (C=O) groups excluding carboxylic acids is 2. The Kier molecular flexibility index (Phi) is 5.66. The van der Waals surface area contributed by atoms with Gasteiger partial charge in [-0.05, 0) is 56.2 Å². The molecule has 30 heavy (non-hydrogen) atoms. The molecule has 1 atom stereocenters. The van der Waals surface area contributed by atoms with Crippen molar-refractivity contribution in [2.45, 2.75) is 44.9 Å². The zero-order chi connectivity index (χ0) is 21.1. The van der Waals surface area contributed by atoms with Gasteiger partial charge in [-0.15, -0.1) is 0 Å². The number of H-pyrrole nitrogens is 1. The minimum Gasteiger partial charge on any atom is -0.328 e. The van der Waals surface area contributed by atoms with Crippen molar-refractivity contribution in [3.8, 4) is 11.8 Å². The van der Waals surface area contributed by atoms with Crippen LogP contribution in [0.4, 0.5) is 5.82 Å². The van der Waals surface area contributed by atoms with Crippen LogP contribution in [0, 0.1) is 11.8 Å². The molecule has 1 unspecified atom stereocenters. The lowest BCUT2D eigenvalue weighted by atomic mass is 9.99. The molecule has 154 valence electrons. The molecule has 0 radical (unpaired) electrons. The fraction of sp³-hybridized carbons (Fsp3) is 0.391. The highest BCUT2D eigenvalue weighted by molar-refractivity contribution is 5.95. The van der Waals surface area contributed by atoms with Gasteiger partial charge in [-0.1, -0.05) is 18.1 Å². The Bertz CT molecular complexity index is 1040. The van der Waals surface area contributed by atoms with Crippen LogP contribution in [0.5, 0.6) is 0 Å². The molecule has 1 fully saturated rings. The molecule has 1 aliphatic carbocycles. The second-order valence-corrected chi connectivity index (χ2v) is 7.78. The van der Waals surface area contributed by atoms with Crippen LogP contribution in [-0.2, 0) is 9.59 Å². The summed E-state index contributed by atoms with van der Waals surface area (Å²) in [6.07, 6.45) is 6.87. The Hall–Kier alpha value is -3.40. The van der Waals surface area contributed by atoms with Gasteiger partial charge in [0.2, 0.25) is 5.91 Å². The molecule has 7 heteroatoms. The third kappa shape index (κ3) is 4.43. The van der Waals surface area contributed by atoms with Crippen LogP contribution in [0.3, 0.4) is 0 Å². The van der Waals surface area contributed by atoms with Gasteiger partial charge >= 0.3 is 0 Å². The molecule has 3 heterocycles. The molecular weight excluding hydrogens is 378 g/mol. The molecule has 2 N–H and O–H groups in total. The van der Waals surface area contributed by atoms with E-state index in [9.17, 15) is 9.59 Å². The summed E-state index contributed by atoms with van der Waals surface area (Å²) >= 11 is 0.